The van der Waals surface area contributed by atoms with Crippen LogP contribution in [0.2, 0.25) is 0 Å². The van der Waals surface area contributed by atoms with Crippen molar-refractivity contribution in [1.29, 1.82) is 0 Å². The van der Waals surface area contributed by atoms with Crippen LogP contribution in [0.1, 0.15) is 54.4 Å². The SMILES string of the molecule is CCCN(C(=O)CC(N)C(C)(C)C)C(C)C. The molecule has 0 aliphatic heterocycles. The molecule has 0 aliphatic rings. The number of amides is 1. The Balaban J connectivity index is 4.42. The molecule has 2 N–H and O–H groups in total. The second-order valence-corrected chi connectivity index (χ2v) is 5.86. The molecule has 0 aromatic rings. The molecule has 0 bridgehead atoms. The molecule has 0 heterocycles. The maximum Gasteiger partial charge on any atom is 0.224 e. The lowest BCUT2D eigenvalue weighted by Gasteiger charge is -2.31. The van der Waals surface area contributed by atoms with E-state index in [1.165, 1.54) is 0 Å². The second-order valence-electron chi connectivity index (χ2n) is 5.86. The van der Waals surface area contributed by atoms with Crippen molar-refractivity contribution < 1.29 is 4.79 Å². The number of hydrogen-bond acceptors (Lipinski definition) is 2. The molecule has 0 spiro atoms. The third-order valence-corrected chi connectivity index (χ3v) is 2.92. The molecule has 3 heteroatoms. The second kappa shape index (κ2) is 6.24. The van der Waals surface area contributed by atoms with Crippen molar-refractivity contribution in [2.24, 2.45) is 11.1 Å². The van der Waals surface area contributed by atoms with Crippen LogP contribution in [0.3, 0.4) is 0 Å². The Labute approximate surface area is 100 Å². The fraction of sp³-hybridized carbons (Fsp3) is 0.923. The van der Waals surface area contributed by atoms with Crippen LogP contribution in [0.25, 0.3) is 0 Å². The first-order chi connectivity index (χ1) is 7.20. The molecule has 0 saturated heterocycles. The summed E-state index contributed by atoms with van der Waals surface area (Å²) >= 11 is 0. The summed E-state index contributed by atoms with van der Waals surface area (Å²) in [5.41, 5.74) is 6.03. The molecule has 0 radical (unpaired) electrons. The predicted molar refractivity (Wildman–Crippen MR) is 69.2 cm³/mol. The van der Waals surface area contributed by atoms with Crippen molar-refractivity contribution in [3.05, 3.63) is 0 Å². The number of rotatable bonds is 5. The van der Waals surface area contributed by atoms with Crippen molar-refractivity contribution in [3.63, 3.8) is 0 Å². The number of hydrogen-bond donors (Lipinski definition) is 1. The molecule has 16 heavy (non-hydrogen) atoms. The number of carbonyl (C=O) groups excluding carboxylic acids is 1. The Morgan fingerprint density at radius 2 is 1.81 bits per heavy atom. The van der Waals surface area contributed by atoms with Gasteiger partial charge in [-0.15, -0.1) is 0 Å². The fourth-order valence-corrected chi connectivity index (χ4v) is 1.52. The summed E-state index contributed by atoms with van der Waals surface area (Å²) in [5.74, 6) is 0.180. The van der Waals surface area contributed by atoms with Gasteiger partial charge in [0.1, 0.15) is 0 Å². The van der Waals surface area contributed by atoms with Gasteiger partial charge in [-0.3, -0.25) is 4.79 Å². The van der Waals surface area contributed by atoms with Crippen molar-refractivity contribution in [2.75, 3.05) is 6.54 Å². The molecule has 0 aromatic heterocycles. The minimum atomic E-state index is -0.0712. The molecular formula is C13H28N2O. The molecule has 1 amide bonds. The molecule has 0 aliphatic carbocycles. The van der Waals surface area contributed by atoms with Gasteiger partial charge in [-0.25, -0.2) is 0 Å². The average Bonchev–Trinajstić information content (AvgIpc) is 2.11. The minimum Gasteiger partial charge on any atom is -0.340 e. The van der Waals surface area contributed by atoms with Crippen LogP contribution in [0.15, 0.2) is 0 Å². The van der Waals surface area contributed by atoms with Gasteiger partial charge in [-0.2, -0.15) is 0 Å². The standard InChI is InChI=1S/C13H28N2O/c1-7-8-15(10(2)3)12(16)9-11(14)13(4,5)6/h10-11H,7-9,14H2,1-6H3. The highest BCUT2D eigenvalue weighted by Gasteiger charge is 2.26. The maximum atomic E-state index is 12.1. The van der Waals surface area contributed by atoms with Gasteiger partial charge in [0.05, 0.1) is 0 Å². The van der Waals surface area contributed by atoms with Gasteiger partial charge < -0.3 is 10.6 Å². The van der Waals surface area contributed by atoms with E-state index in [-0.39, 0.29) is 23.4 Å². The zero-order valence-corrected chi connectivity index (χ0v) is 11.7. The zero-order chi connectivity index (χ0) is 12.9. The molecule has 0 fully saturated rings. The lowest BCUT2D eigenvalue weighted by Crippen LogP contribution is -2.44. The lowest BCUT2D eigenvalue weighted by atomic mass is 9.85. The first-order valence-electron chi connectivity index (χ1n) is 6.25. The minimum absolute atomic E-state index is 0.00940. The van der Waals surface area contributed by atoms with Crippen molar-refractivity contribution in [2.45, 2.75) is 66.5 Å². The first-order valence-corrected chi connectivity index (χ1v) is 6.25. The monoisotopic (exact) mass is 228 g/mol. The first kappa shape index (κ1) is 15.4. The predicted octanol–water partition coefficient (Wildman–Crippen LogP) is 2.40. The average molecular weight is 228 g/mol. The van der Waals surface area contributed by atoms with Crippen LogP contribution in [-0.4, -0.2) is 29.4 Å². The van der Waals surface area contributed by atoms with E-state index in [1.54, 1.807) is 0 Å². The molecule has 0 rings (SSSR count). The van der Waals surface area contributed by atoms with E-state index in [2.05, 4.69) is 41.5 Å². The Morgan fingerprint density at radius 1 is 1.31 bits per heavy atom. The lowest BCUT2D eigenvalue weighted by molar-refractivity contribution is -0.133. The Kier molecular flexibility index (Phi) is 6.01. The van der Waals surface area contributed by atoms with Crippen LogP contribution in [-0.2, 0) is 4.79 Å². The van der Waals surface area contributed by atoms with E-state index in [9.17, 15) is 4.79 Å². The van der Waals surface area contributed by atoms with E-state index in [0.717, 1.165) is 13.0 Å². The normalized spacial score (nSPS) is 14.0. The highest BCUT2D eigenvalue weighted by molar-refractivity contribution is 5.77. The fourth-order valence-electron chi connectivity index (χ4n) is 1.52. The van der Waals surface area contributed by atoms with Crippen LogP contribution < -0.4 is 5.73 Å². The topological polar surface area (TPSA) is 46.3 Å². The van der Waals surface area contributed by atoms with Crippen molar-refractivity contribution in [1.82, 2.24) is 4.90 Å². The highest BCUT2D eigenvalue weighted by Crippen LogP contribution is 2.20. The third kappa shape index (κ3) is 4.97. The smallest absolute Gasteiger partial charge is 0.224 e. The van der Waals surface area contributed by atoms with Crippen LogP contribution in [0.5, 0.6) is 0 Å². The number of nitrogens with zero attached hydrogens (tertiary/aromatic N) is 1. The van der Waals surface area contributed by atoms with Gasteiger partial charge in [0.25, 0.3) is 0 Å². The summed E-state index contributed by atoms with van der Waals surface area (Å²) in [6, 6.07) is 0.192. The summed E-state index contributed by atoms with van der Waals surface area (Å²) in [6.45, 7) is 13.2. The molecule has 1 unspecified atom stereocenters. The van der Waals surface area contributed by atoms with Crippen LogP contribution in [0.4, 0.5) is 0 Å². The van der Waals surface area contributed by atoms with Gasteiger partial charge in [0, 0.05) is 25.0 Å². The Bertz CT molecular complexity index is 218. The zero-order valence-electron chi connectivity index (χ0n) is 11.7. The van der Waals surface area contributed by atoms with Gasteiger partial charge in [-0.05, 0) is 25.7 Å². The third-order valence-electron chi connectivity index (χ3n) is 2.92. The van der Waals surface area contributed by atoms with E-state index in [1.807, 2.05) is 4.90 Å². The summed E-state index contributed by atoms with van der Waals surface area (Å²) in [7, 11) is 0. The molecule has 96 valence electrons. The number of carbonyl (C=O) groups is 1. The quantitative estimate of drug-likeness (QED) is 0.785. The van der Waals surface area contributed by atoms with Gasteiger partial charge in [-0.1, -0.05) is 27.7 Å². The van der Waals surface area contributed by atoms with Gasteiger partial charge >= 0.3 is 0 Å². The van der Waals surface area contributed by atoms with E-state index in [4.69, 9.17) is 5.73 Å². The van der Waals surface area contributed by atoms with E-state index >= 15 is 0 Å². The summed E-state index contributed by atoms with van der Waals surface area (Å²) in [6.07, 6.45) is 1.44. The van der Waals surface area contributed by atoms with Gasteiger partial charge in [0.2, 0.25) is 5.91 Å². The molecular weight excluding hydrogens is 200 g/mol. The highest BCUT2D eigenvalue weighted by atomic mass is 16.2. The van der Waals surface area contributed by atoms with Gasteiger partial charge in [0.15, 0.2) is 0 Å². The molecule has 0 saturated carbocycles. The summed E-state index contributed by atoms with van der Waals surface area (Å²) < 4.78 is 0. The van der Waals surface area contributed by atoms with E-state index < -0.39 is 0 Å². The summed E-state index contributed by atoms with van der Waals surface area (Å²) in [4.78, 5) is 14.0. The Hall–Kier alpha value is -0.570. The molecule has 3 nitrogen and oxygen atoms in total. The van der Waals surface area contributed by atoms with Crippen LogP contribution in [0, 0.1) is 5.41 Å². The molecule has 0 aromatic carbocycles. The largest absolute Gasteiger partial charge is 0.340 e. The van der Waals surface area contributed by atoms with E-state index in [0.29, 0.717) is 6.42 Å². The van der Waals surface area contributed by atoms with Crippen molar-refractivity contribution in [3.8, 4) is 0 Å². The number of nitrogens with two attached hydrogens (primary N) is 1. The summed E-state index contributed by atoms with van der Waals surface area (Å²) in [5, 5.41) is 0. The van der Waals surface area contributed by atoms with Crippen LogP contribution >= 0.6 is 0 Å². The molecule has 1 atom stereocenters. The van der Waals surface area contributed by atoms with Crippen molar-refractivity contribution >= 4 is 5.91 Å². The maximum absolute atomic E-state index is 12.1. The Morgan fingerprint density at radius 3 is 2.12 bits per heavy atom.